The third kappa shape index (κ3) is 3.45. The van der Waals surface area contributed by atoms with Gasteiger partial charge in [-0.25, -0.2) is 0 Å². The van der Waals surface area contributed by atoms with E-state index in [9.17, 15) is 15.3 Å². The summed E-state index contributed by atoms with van der Waals surface area (Å²) in [7, 11) is 0. The molecule has 1 aromatic carbocycles. The van der Waals surface area contributed by atoms with Crippen LogP contribution in [0.1, 0.15) is 35.6 Å². The van der Waals surface area contributed by atoms with Gasteiger partial charge in [0, 0.05) is 39.4 Å². The molecule has 7 heteroatoms. The lowest BCUT2D eigenvalue weighted by Crippen LogP contribution is -2.42. The number of aliphatic hydroxyl groups is 1. The third-order valence-electron chi connectivity index (χ3n) is 5.86. The maximum Gasteiger partial charge on any atom is 0.161 e. The second kappa shape index (κ2) is 8.37. The van der Waals surface area contributed by atoms with Crippen LogP contribution in [-0.4, -0.2) is 21.7 Å². The van der Waals surface area contributed by atoms with Crippen LogP contribution in [0.5, 0.6) is 0 Å². The number of pyridine rings is 1. The predicted octanol–water partition coefficient (Wildman–Crippen LogP) is 6.35. The van der Waals surface area contributed by atoms with Crippen molar-refractivity contribution in [3.05, 3.63) is 98.6 Å². The highest BCUT2D eigenvalue weighted by atomic mass is 35.5. The minimum absolute atomic E-state index is 0.0242. The van der Waals surface area contributed by atoms with Gasteiger partial charge in [-0.05, 0) is 60.7 Å². The zero-order chi connectivity index (χ0) is 22.2. The van der Waals surface area contributed by atoms with E-state index in [1.807, 2.05) is 23.6 Å². The highest BCUT2D eigenvalue weighted by Crippen LogP contribution is 2.48. The number of hydrogen-bond acceptors (Lipinski definition) is 5. The van der Waals surface area contributed by atoms with E-state index < -0.39 is 5.92 Å². The van der Waals surface area contributed by atoms with Gasteiger partial charge in [0.1, 0.15) is 11.6 Å². The van der Waals surface area contributed by atoms with E-state index in [0.29, 0.717) is 40.3 Å². The Hall–Kier alpha value is -3.22. The van der Waals surface area contributed by atoms with Gasteiger partial charge in [0.05, 0.1) is 23.4 Å². The van der Waals surface area contributed by atoms with Crippen LogP contribution >= 0.6 is 22.9 Å². The Kier molecular flexibility index (Phi) is 5.41. The predicted molar refractivity (Wildman–Crippen MR) is 128 cm³/mol. The van der Waals surface area contributed by atoms with Crippen LogP contribution in [0.3, 0.4) is 0 Å². The zero-order valence-electron chi connectivity index (χ0n) is 17.1. The monoisotopic (exact) mass is 461 g/mol. The maximum atomic E-state index is 13.3. The second-order valence-corrected chi connectivity index (χ2v) is 9.17. The molecule has 32 heavy (non-hydrogen) atoms. The third-order valence-corrected chi connectivity index (χ3v) is 7.05. The molecule has 5 rings (SSSR count). The number of carbonyl (C=O) groups excluding carboxylic acids is 1. The Bertz CT molecular complexity index is 1250. The van der Waals surface area contributed by atoms with Crippen molar-refractivity contribution < 1.29 is 9.90 Å². The second-order valence-electron chi connectivity index (χ2n) is 7.75. The molecule has 5 nitrogen and oxygen atoms in total. The lowest BCUT2D eigenvalue weighted by Gasteiger charge is -2.41. The number of aliphatic hydroxyl groups excluding tert-OH is 1. The van der Waals surface area contributed by atoms with Crippen LogP contribution in [0.4, 0.5) is 5.69 Å². The first-order valence-corrected chi connectivity index (χ1v) is 11.6. The van der Waals surface area contributed by atoms with Gasteiger partial charge in [-0.3, -0.25) is 20.1 Å². The molecule has 2 aromatic heterocycles. The Balaban J connectivity index is 1.81. The smallest absolute Gasteiger partial charge is 0.161 e. The van der Waals surface area contributed by atoms with E-state index in [2.05, 4.69) is 4.98 Å². The number of allylic oxidation sites excluding steroid dienone is 2. The summed E-state index contributed by atoms with van der Waals surface area (Å²) in [4.78, 5) is 20.2. The van der Waals surface area contributed by atoms with Gasteiger partial charge in [0.15, 0.2) is 5.78 Å². The average Bonchev–Trinajstić information content (AvgIpc) is 3.34. The molecule has 1 atom stereocenters. The Morgan fingerprint density at radius 2 is 1.97 bits per heavy atom. The molecule has 0 fully saturated rings. The van der Waals surface area contributed by atoms with Crippen molar-refractivity contribution in [1.29, 1.82) is 5.41 Å². The van der Waals surface area contributed by atoms with Crippen molar-refractivity contribution in [2.75, 3.05) is 4.90 Å². The largest absolute Gasteiger partial charge is 0.507 e. The van der Waals surface area contributed by atoms with E-state index in [1.165, 1.54) is 11.3 Å². The van der Waals surface area contributed by atoms with Crippen molar-refractivity contribution in [3.63, 3.8) is 0 Å². The Labute approximate surface area is 194 Å². The number of ketones is 1. The van der Waals surface area contributed by atoms with Crippen LogP contribution in [0.25, 0.3) is 5.76 Å². The van der Waals surface area contributed by atoms with Crippen LogP contribution in [-0.2, 0) is 4.79 Å². The van der Waals surface area contributed by atoms with Crippen molar-refractivity contribution in [2.24, 2.45) is 0 Å². The minimum atomic E-state index is -0.492. The minimum Gasteiger partial charge on any atom is -0.507 e. The Morgan fingerprint density at radius 1 is 1.16 bits per heavy atom. The van der Waals surface area contributed by atoms with Crippen molar-refractivity contribution >= 4 is 46.0 Å². The van der Waals surface area contributed by atoms with Crippen LogP contribution < -0.4 is 4.90 Å². The standard InChI is InChI=1S/C25H20ClN3O2S/c26-16-10-8-15(9-11-16)24(31)23-22(20-7-3-13-32-20)21-18(5-1-6-19(21)30)29(25(23)27)17-4-2-12-28-14-17/h2-4,7-14,22,27,31H,1,5-6H2/b24-23+,27-25?. The van der Waals surface area contributed by atoms with Crippen LogP contribution in [0, 0.1) is 5.41 Å². The van der Waals surface area contributed by atoms with Gasteiger partial charge >= 0.3 is 0 Å². The molecule has 1 aliphatic carbocycles. The fourth-order valence-corrected chi connectivity index (χ4v) is 5.44. The van der Waals surface area contributed by atoms with Crippen LogP contribution in [0.15, 0.2) is 83.1 Å². The molecular weight excluding hydrogens is 442 g/mol. The summed E-state index contributed by atoms with van der Waals surface area (Å²) in [6.07, 6.45) is 5.25. The van der Waals surface area contributed by atoms with E-state index in [4.69, 9.17) is 11.6 Å². The van der Waals surface area contributed by atoms with Gasteiger partial charge in [0.2, 0.25) is 0 Å². The fourth-order valence-electron chi connectivity index (χ4n) is 4.47. The van der Waals surface area contributed by atoms with E-state index in [-0.39, 0.29) is 17.4 Å². The molecule has 2 aliphatic rings. The summed E-state index contributed by atoms with van der Waals surface area (Å²) in [6.45, 7) is 0. The molecule has 3 heterocycles. The summed E-state index contributed by atoms with van der Waals surface area (Å²) < 4.78 is 0. The van der Waals surface area contributed by atoms with Crippen LogP contribution in [0.2, 0.25) is 5.02 Å². The maximum absolute atomic E-state index is 13.3. The van der Waals surface area contributed by atoms with Gasteiger partial charge in [-0.1, -0.05) is 17.7 Å². The van der Waals surface area contributed by atoms with Crippen molar-refractivity contribution in [1.82, 2.24) is 4.98 Å². The number of anilines is 1. The molecule has 1 aliphatic heterocycles. The lowest BCUT2D eigenvalue weighted by molar-refractivity contribution is -0.116. The average molecular weight is 462 g/mol. The molecule has 0 bridgehead atoms. The molecule has 2 N–H and O–H groups in total. The molecule has 0 saturated carbocycles. The molecule has 1 unspecified atom stereocenters. The molecule has 3 aromatic rings. The van der Waals surface area contributed by atoms with E-state index in [0.717, 1.165) is 17.0 Å². The molecule has 0 spiro atoms. The molecule has 0 amide bonds. The van der Waals surface area contributed by atoms with E-state index in [1.54, 1.807) is 47.6 Å². The van der Waals surface area contributed by atoms with Gasteiger partial charge in [-0.15, -0.1) is 11.3 Å². The lowest BCUT2D eigenvalue weighted by atomic mass is 9.76. The van der Waals surface area contributed by atoms with Gasteiger partial charge < -0.3 is 5.11 Å². The normalized spacial score (nSPS) is 20.4. The number of rotatable bonds is 3. The quantitative estimate of drug-likeness (QED) is 0.445. The number of thiophene rings is 1. The number of nitrogens with one attached hydrogen (secondary N) is 1. The number of Topliss-reactive ketones (excluding diaryl/α,β-unsaturated/α-hetero) is 1. The highest BCUT2D eigenvalue weighted by Gasteiger charge is 2.43. The fraction of sp³-hybridized carbons (Fsp3) is 0.160. The number of hydrogen-bond donors (Lipinski definition) is 2. The first-order chi connectivity index (χ1) is 15.6. The van der Waals surface area contributed by atoms with Crippen molar-refractivity contribution in [2.45, 2.75) is 25.2 Å². The summed E-state index contributed by atoms with van der Waals surface area (Å²) in [6, 6.07) is 14.4. The topological polar surface area (TPSA) is 77.3 Å². The molecule has 0 saturated heterocycles. The molecule has 0 radical (unpaired) electrons. The highest BCUT2D eigenvalue weighted by molar-refractivity contribution is 7.10. The number of carbonyl (C=O) groups is 1. The summed E-state index contributed by atoms with van der Waals surface area (Å²) in [5.74, 6) is -0.303. The zero-order valence-corrected chi connectivity index (χ0v) is 18.7. The van der Waals surface area contributed by atoms with Crippen molar-refractivity contribution in [3.8, 4) is 0 Å². The summed E-state index contributed by atoms with van der Waals surface area (Å²) in [5, 5.41) is 23.2. The summed E-state index contributed by atoms with van der Waals surface area (Å²) >= 11 is 7.57. The summed E-state index contributed by atoms with van der Waals surface area (Å²) in [5.41, 5.74) is 3.15. The Morgan fingerprint density at radius 3 is 2.66 bits per heavy atom. The van der Waals surface area contributed by atoms with E-state index >= 15 is 0 Å². The SMILES string of the molecule is N=C1/C(=C(/O)c2ccc(Cl)cc2)C(c2cccs2)C2=C(CCCC2=O)N1c1cccnc1. The number of nitrogens with zero attached hydrogens (tertiary/aromatic N) is 2. The first kappa shape index (κ1) is 20.7. The molecule has 160 valence electrons. The number of amidine groups is 1. The first-order valence-electron chi connectivity index (χ1n) is 10.3. The van der Waals surface area contributed by atoms with Gasteiger partial charge in [-0.2, -0.15) is 0 Å². The number of aromatic nitrogens is 1. The van der Waals surface area contributed by atoms with Gasteiger partial charge in [0.25, 0.3) is 0 Å². The number of benzene rings is 1. The number of halogens is 1. The molecular formula is C25H20ClN3O2S.